The Morgan fingerprint density at radius 2 is 1.79 bits per heavy atom. The van der Waals surface area contributed by atoms with Crippen LogP contribution in [-0.2, 0) is 21.4 Å². The molecule has 0 bridgehead atoms. The van der Waals surface area contributed by atoms with Crippen molar-refractivity contribution in [2.75, 3.05) is 18.0 Å². The highest BCUT2D eigenvalue weighted by Crippen LogP contribution is 2.37. The molecule has 4 rings (SSSR count). The Bertz CT molecular complexity index is 1770. The van der Waals surface area contributed by atoms with E-state index in [1.54, 1.807) is 42.5 Å². The number of aryl methyl sites for hydroxylation is 1. The fraction of sp³-hybridized carbons (Fsp3) is 0.133. The number of nitrogens with one attached hydrogen (secondary N) is 1. The fourth-order valence-electron chi connectivity index (χ4n) is 3.88. The first-order chi connectivity index (χ1) is 20.5. The van der Waals surface area contributed by atoms with Gasteiger partial charge in [0.2, 0.25) is 0 Å². The van der Waals surface area contributed by atoms with E-state index in [1.165, 1.54) is 43.7 Å². The maximum absolute atomic E-state index is 14.7. The molecule has 0 aliphatic rings. The molecule has 8 nitrogen and oxygen atoms in total. The topological polar surface area (TPSA) is 97.3 Å². The lowest BCUT2D eigenvalue weighted by atomic mass is 10.2. The van der Waals surface area contributed by atoms with Crippen LogP contribution >= 0.6 is 39.1 Å². The van der Waals surface area contributed by atoms with Gasteiger partial charge in [-0.25, -0.2) is 18.2 Å². The molecule has 0 saturated heterocycles. The van der Waals surface area contributed by atoms with E-state index in [9.17, 15) is 17.6 Å². The van der Waals surface area contributed by atoms with Crippen LogP contribution in [0.4, 0.5) is 10.1 Å². The SMILES string of the molecule is COc1cc(/C=N/NC(=O)CN(c2ccccc2F)S(=O)(=O)c2ccc(C)cc2)cc(Br)c1OCc1ccc(Cl)cc1Cl. The minimum atomic E-state index is -4.29. The van der Waals surface area contributed by atoms with Crippen molar-refractivity contribution in [1.82, 2.24) is 5.43 Å². The Labute approximate surface area is 267 Å². The van der Waals surface area contributed by atoms with Gasteiger partial charge in [-0.1, -0.05) is 59.1 Å². The third-order valence-electron chi connectivity index (χ3n) is 6.06. The molecule has 224 valence electrons. The molecule has 4 aromatic rings. The number of nitrogens with zero attached hydrogens (tertiary/aromatic N) is 2. The number of carbonyl (C=O) groups excluding carboxylic acids is 1. The van der Waals surface area contributed by atoms with Crippen LogP contribution in [0.3, 0.4) is 0 Å². The second-order valence-electron chi connectivity index (χ2n) is 9.13. The van der Waals surface area contributed by atoms with Crippen LogP contribution in [0.2, 0.25) is 10.0 Å². The predicted molar refractivity (Wildman–Crippen MR) is 169 cm³/mol. The van der Waals surface area contributed by atoms with Crippen LogP contribution < -0.4 is 19.2 Å². The first-order valence-electron chi connectivity index (χ1n) is 12.6. The van der Waals surface area contributed by atoms with E-state index in [-0.39, 0.29) is 17.2 Å². The summed E-state index contributed by atoms with van der Waals surface area (Å²) in [6.45, 7) is 1.24. The number of carbonyl (C=O) groups is 1. The monoisotopic (exact) mass is 707 g/mol. The number of hydrazone groups is 1. The number of para-hydroxylation sites is 1. The standard InChI is InChI=1S/C30H25BrCl2FN3O5S/c1-19-7-11-23(12-8-19)43(39,40)37(27-6-4-3-5-26(27)34)17-29(38)36-35-16-20-13-24(31)30(28(14-20)41-2)42-18-21-9-10-22(32)15-25(21)33/h3-16H,17-18H2,1-2H3,(H,36,38)/b35-16+. The highest BCUT2D eigenvalue weighted by Gasteiger charge is 2.29. The zero-order chi connectivity index (χ0) is 31.1. The van der Waals surface area contributed by atoms with Crippen molar-refractivity contribution in [3.63, 3.8) is 0 Å². The minimum Gasteiger partial charge on any atom is -0.493 e. The highest BCUT2D eigenvalue weighted by atomic mass is 79.9. The summed E-state index contributed by atoms with van der Waals surface area (Å²) in [5, 5.41) is 4.92. The Balaban J connectivity index is 1.49. The average molecular weight is 709 g/mol. The van der Waals surface area contributed by atoms with Gasteiger partial charge >= 0.3 is 0 Å². The van der Waals surface area contributed by atoms with Gasteiger partial charge in [-0.15, -0.1) is 0 Å². The second-order valence-corrected chi connectivity index (χ2v) is 12.7. The molecule has 1 amide bonds. The summed E-state index contributed by atoms with van der Waals surface area (Å²) in [5.74, 6) is -0.799. The molecular weight excluding hydrogens is 684 g/mol. The van der Waals surface area contributed by atoms with Crippen molar-refractivity contribution in [2.45, 2.75) is 18.4 Å². The predicted octanol–water partition coefficient (Wildman–Crippen LogP) is 7.14. The third kappa shape index (κ3) is 8.05. The molecule has 0 heterocycles. The van der Waals surface area contributed by atoms with Gasteiger partial charge in [0.1, 0.15) is 19.0 Å². The summed E-state index contributed by atoms with van der Waals surface area (Å²) in [4.78, 5) is 12.8. The van der Waals surface area contributed by atoms with Crippen molar-refractivity contribution in [3.8, 4) is 11.5 Å². The van der Waals surface area contributed by atoms with E-state index in [1.807, 2.05) is 6.92 Å². The van der Waals surface area contributed by atoms with Crippen LogP contribution in [0.15, 0.2) is 93.3 Å². The molecule has 13 heteroatoms. The van der Waals surface area contributed by atoms with Crippen molar-refractivity contribution < 1.29 is 27.1 Å². The number of halogens is 4. The van der Waals surface area contributed by atoms with Gasteiger partial charge in [0.05, 0.1) is 28.4 Å². The van der Waals surface area contributed by atoms with Gasteiger partial charge in [-0.3, -0.25) is 9.10 Å². The molecule has 0 radical (unpaired) electrons. The van der Waals surface area contributed by atoms with E-state index < -0.39 is 28.3 Å². The van der Waals surface area contributed by atoms with E-state index >= 15 is 0 Å². The molecule has 0 fully saturated rings. The summed E-state index contributed by atoms with van der Waals surface area (Å²) in [6.07, 6.45) is 1.34. The van der Waals surface area contributed by atoms with E-state index in [2.05, 4.69) is 26.5 Å². The lowest BCUT2D eigenvalue weighted by Crippen LogP contribution is -2.40. The van der Waals surface area contributed by atoms with Crippen LogP contribution in [-0.4, -0.2) is 34.2 Å². The van der Waals surface area contributed by atoms with Gasteiger partial charge in [0.25, 0.3) is 15.9 Å². The zero-order valence-electron chi connectivity index (χ0n) is 22.9. The molecule has 0 aliphatic heterocycles. The van der Waals surface area contributed by atoms with Gasteiger partial charge in [0.15, 0.2) is 11.5 Å². The number of benzene rings is 4. The largest absolute Gasteiger partial charge is 0.493 e. The van der Waals surface area contributed by atoms with Crippen molar-refractivity contribution in [2.24, 2.45) is 5.10 Å². The molecule has 0 atom stereocenters. The van der Waals surface area contributed by atoms with Gasteiger partial charge < -0.3 is 9.47 Å². The molecule has 0 aromatic heterocycles. The Morgan fingerprint density at radius 1 is 1.07 bits per heavy atom. The Morgan fingerprint density at radius 3 is 2.47 bits per heavy atom. The highest BCUT2D eigenvalue weighted by molar-refractivity contribution is 9.10. The van der Waals surface area contributed by atoms with Gasteiger partial charge in [0, 0.05) is 15.6 Å². The number of anilines is 1. The summed E-state index contributed by atoms with van der Waals surface area (Å²) < 4.78 is 54.2. The van der Waals surface area contributed by atoms with Crippen LogP contribution in [0.1, 0.15) is 16.7 Å². The number of hydrogen-bond donors (Lipinski definition) is 1. The maximum atomic E-state index is 14.7. The number of methoxy groups -OCH3 is 1. The number of ether oxygens (including phenoxy) is 2. The van der Waals surface area contributed by atoms with Gasteiger partial charge in [-0.2, -0.15) is 5.10 Å². The zero-order valence-corrected chi connectivity index (χ0v) is 26.8. The molecule has 0 saturated carbocycles. The smallest absolute Gasteiger partial charge is 0.264 e. The van der Waals surface area contributed by atoms with Crippen LogP contribution in [0, 0.1) is 12.7 Å². The lowest BCUT2D eigenvalue weighted by Gasteiger charge is -2.24. The van der Waals surface area contributed by atoms with Crippen LogP contribution in [0.25, 0.3) is 0 Å². The second kappa shape index (κ2) is 14.2. The number of amides is 1. The molecule has 0 unspecified atom stereocenters. The maximum Gasteiger partial charge on any atom is 0.264 e. The van der Waals surface area contributed by atoms with E-state index in [0.717, 1.165) is 17.2 Å². The van der Waals surface area contributed by atoms with Gasteiger partial charge in [-0.05, 0) is 76.9 Å². The number of rotatable bonds is 11. The summed E-state index contributed by atoms with van der Waals surface area (Å²) in [7, 11) is -2.82. The molecular formula is C30H25BrCl2FN3O5S. The van der Waals surface area contributed by atoms with Crippen molar-refractivity contribution in [3.05, 3.63) is 116 Å². The molecule has 1 N–H and O–H groups in total. The quantitative estimate of drug-likeness (QED) is 0.132. The molecule has 4 aromatic carbocycles. The normalized spacial score (nSPS) is 11.4. The Kier molecular flexibility index (Phi) is 10.7. The summed E-state index contributed by atoms with van der Waals surface area (Å²) in [6, 6.07) is 19.7. The van der Waals surface area contributed by atoms with Crippen molar-refractivity contribution >= 4 is 67.0 Å². The third-order valence-corrected chi connectivity index (χ3v) is 9.01. The fourth-order valence-corrected chi connectivity index (χ4v) is 6.34. The number of hydrogen-bond acceptors (Lipinski definition) is 6. The van der Waals surface area contributed by atoms with Crippen LogP contribution in [0.5, 0.6) is 11.5 Å². The van der Waals surface area contributed by atoms with Crippen molar-refractivity contribution in [1.29, 1.82) is 0 Å². The first-order valence-corrected chi connectivity index (χ1v) is 15.6. The Hall–Kier alpha value is -3.64. The van der Waals surface area contributed by atoms with E-state index in [0.29, 0.717) is 35.9 Å². The first kappa shape index (κ1) is 32.3. The molecule has 0 spiro atoms. The molecule has 0 aliphatic carbocycles. The number of sulfonamides is 1. The lowest BCUT2D eigenvalue weighted by molar-refractivity contribution is -0.119. The molecule has 43 heavy (non-hydrogen) atoms. The summed E-state index contributed by atoms with van der Waals surface area (Å²) in [5.41, 5.74) is 4.13. The minimum absolute atomic E-state index is 0.0877. The summed E-state index contributed by atoms with van der Waals surface area (Å²) >= 11 is 15.7. The average Bonchev–Trinajstić information content (AvgIpc) is 2.96. The van der Waals surface area contributed by atoms with E-state index in [4.69, 9.17) is 32.7 Å².